The van der Waals surface area contributed by atoms with Gasteiger partial charge in [0.05, 0.1) is 20.1 Å². The lowest BCUT2D eigenvalue weighted by atomic mass is 10.2. The number of non-ortho nitro benzene ring substituents is 1. The van der Waals surface area contributed by atoms with Crippen molar-refractivity contribution in [2.24, 2.45) is 0 Å². The van der Waals surface area contributed by atoms with Crippen LogP contribution in [0.3, 0.4) is 0 Å². The molecule has 0 amide bonds. The number of fused-ring (bicyclic) bond motifs is 1. The van der Waals surface area contributed by atoms with Gasteiger partial charge in [0.25, 0.3) is 5.69 Å². The van der Waals surface area contributed by atoms with E-state index < -0.39 is 4.92 Å². The lowest BCUT2D eigenvalue weighted by molar-refractivity contribution is -0.384. The van der Waals surface area contributed by atoms with Gasteiger partial charge in [-0.05, 0) is 0 Å². The fourth-order valence-electron chi connectivity index (χ4n) is 1.37. The molecule has 16 heavy (non-hydrogen) atoms. The van der Waals surface area contributed by atoms with E-state index in [0.717, 1.165) is 15.2 Å². The van der Waals surface area contributed by atoms with Crippen molar-refractivity contribution in [3.05, 3.63) is 27.3 Å². The summed E-state index contributed by atoms with van der Waals surface area (Å²) < 4.78 is 0.822. The number of benzene rings is 1. The predicted octanol–water partition coefficient (Wildman–Crippen LogP) is 3.62. The molecule has 4 nitrogen and oxygen atoms in total. The highest BCUT2D eigenvalue weighted by Crippen LogP contribution is 2.33. The normalized spacial score (nSPS) is 11.2. The highest BCUT2D eigenvalue weighted by Gasteiger charge is 2.14. The third-order valence-electron chi connectivity index (χ3n) is 2.18. The summed E-state index contributed by atoms with van der Waals surface area (Å²) in [6.45, 7) is 4.09. The van der Waals surface area contributed by atoms with Crippen molar-refractivity contribution in [2.45, 2.75) is 24.7 Å². The van der Waals surface area contributed by atoms with E-state index in [1.54, 1.807) is 6.07 Å². The van der Waals surface area contributed by atoms with E-state index in [0.29, 0.717) is 10.8 Å². The zero-order valence-corrected chi connectivity index (χ0v) is 10.5. The minimum Gasteiger partial charge on any atom is -0.258 e. The molecule has 0 bridgehead atoms. The summed E-state index contributed by atoms with van der Waals surface area (Å²) in [5.41, 5.74) is 0.819. The molecule has 84 valence electrons. The van der Waals surface area contributed by atoms with Crippen LogP contribution in [0.5, 0.6) is 0 Å². The predicted molar refractivity (Wildman–Crippen MR) is 67.6 cm³/mol. The van der Waals surface area contributed by atoms with Gasteiger partial charge in [-0.1, -0.05) is 13.8 Å². The van der Waals surface area contributed by atoms with Gasteiger partial charge in [-0.15, -0.1) is 24.0 Å². The first-order chi connectivity index (χ1) is 7.49. The van der Waals surface area contributed by atoms with Crippen LogP contribution in [0.4, 0.5) is 5.69 Å². The maximum atomic E-state index is 10.7. The van der Waals surface area contributed by atoms with Gasteiger partial charge >= 0.3 is 0 Å². The SMILES string of the molecule is CC(C)c1nc2c(S)cc([N+](=O)[O-])cc2s1. The number of thiol groups is 1. The number of nitrogens with zero attached hydrogens (tertiary/aromatic N) is 2. The fourth-order valence-corrected chi connectivity index (χ4v) is 2.78. The Bertz CT molecular complexity index is 563. The van der Waals surface area contributed by atoms with Crippen LogP contribution < -0.4 is 0 Å². The fraction of sp³-hybridized carbons (Fsp3) is 0.300. The molecule has 0 atom stereocenters. The van der Waals surface area contributed by atoms with Crippen molar-refractivity contribution >= 4 is 39.9 Å². The lowest BCUT2D eigenvalue weighted by Crippen LogP contribution is -1.87. The van der Waals surface area contributed by atoms with Gasteiger partial charge in [-0.25, -0.2) is 4.98 Å². The first-order valence-electron chi connectivity index (χ1n) is 4.77. The maximum Gasteiger partial charge on any atom is 0.272 e. The van der Waals surface area contributed by atoms with E-state index in [4.69, 9.17) is 0 Å². The minimum absolute atomic E-state index is 0.0662. The number of aromatic nitrogens is 1. The molecule has 0 saturated carbocycles. The quantitative estimate of drug-likeness (QED) is 0.506. The van der Waals surface area contributed by atoms with E-state index in [1.807, 2.05) is 13.8 Å². The summed E-state index contributed by atoms with van der Waals surface area (Å²) in [6.07, 6.45) is 0. The van der Waals surface area contributed by atoms with Gasteiger partial charge in [-0.3, -0.25) is 10.1 Å². The molecule has 1 heterocycles. The smallest absolute Gasteiger partial charge is 0.258 e. The Kier molecular flexibility index (Phi) is 2.86. The molecule has 0 spiro atoms. The molecule has 2 aromatic rings. The Labute approximate surface area is 102 Å². The summed E-state index contributed by atoms with van der Waals surface area (Å²) in [7, 11) is 0. The largest absolute Gasteiger partial charge is 0.272 e. The number of nitro groups is 1. The monoisotopic (exact) mass is 254 g/mol. The van der Waals surface area contributed by atoms with Gasteiger partial charge < -0.3 is 0 Å². The lowest BCUT2D eigenvalue weighted by Gasteiger charge is -1.95. The van der Waals surface area contributed by atoms with E-state index in [2.05, 4.69) is 17.6 Å². The number of rotatable bonds is 2. The molecule has 1 aromatic carbocycles. The molecule has 0 N–H and O–H groups in total. The first-order valence-corrected chi connectivity index (χ1v) is 6.03. The van der Waals surface area contributed by atoms with Crippen molar-refractivity contribution in [1.82, 2.24) is 4.98 Å². The Hall–Kier alpha value is -1.14. The third-order valence-corrected chi connectivity index (χ3v) is 3.82. The van der Waals surface area contributed by atoms with Gasteiger partial charge in [0.1, 0.15) is 0 Å². The van der Waals surface area contributed by atoms with Crippen molar-refractivity contribution in [3.63, 3.8) is 0 Å². The number of hydrogen-bond acceptors (Lipinski definition) is 5. The van der Waals surface area contributed by atoms with Crippen LogP contribution in [0.1, 0.15) is 24.8 Å². The third kappa shape index (κ3) is 1.90. The molecule has 0 radical (unpaired) electrons. The molecule has 1 aromatic heterocycles. The van der Waals surface area contributed by atoms with Crippen LogP contribution in [0.15, 0.2) is 17.0 Å². The van der Waals surface area contributed by atoms with Crippen LogP contribution in [0, 0.1) is 10.1 Å². The van der Waals surface area contributed by atoms with E-state index in [-0.39, 0.29) is 5.69 Å². The molecule has 2 rings (SSSR count). The van der Waals surface area contributed by atoms with Gasteiger partial charge in [0.2, 0.25) is 0 Å². The number of hydrogen-bond donors (Lipinski definition) is 1. The number of nitro benzene ring substituents is 1. The second kappa shape index (κ2) is 4.03. The Morgan fingerprint density at radius 1 is 1.50 bits per heavy atom. The minimum atomic E-state index is -0.409. The highest BCUT2D eigenvalue weighted by atomic mass is 32.1. The first kappa shape index (κ1) is 11.3. The second-order valence-corrected chi connectivity index (χ2v) is 5.32. The summed E-state index contributed by atoms with van der Waals surface area (Å²) in [5.74, 6) is 0.323. The van der Waals surface area contributed by atoms with Crippen molar-refractivity contribution in [3.8, 4) is 0 Å². The molecule has 0 aliphatic rings. The Morgan fingerprint density at radius 2 is 2.19 bits per heavy atom. The van der Waals surface area contributed by atoms with Gasteiger partial charge in [0.15, 0.2) is 0 Å². The zero-order chi connectivity index (χ0) is 11.9. The zero-order valence-electron chi connectivity index (χ0n) is 8.80. The van der Waals surface area contributed by atoms with Gasteiger partial charge in [-0.2, -0.15) is 0 Å². The highest BCUT2D eigenvalue weighted by molar-refractivity contribution is 7.80. The standard InChI is InChI=1S/C10H10N2O2S2/c1-5(2)10-11-9-7(15)3-6(12(13)14)4-8(9)16-10/h3-5,15H,1-2H3. The van der Waals surface area contributed by atoms with E-state index in [1.165, 1.54) is 17.4 Å². The topological polar surface area (TPSA) is 56.0 Å². The van der Waals surface area contributed by atoms with Crippen LogP contribution in [-0.2, 0) is 0 Å². The summed E-state index contributed by atoms with van der Waals surface area (Å²) in [4.78, 5) is 15.3. The molecule has 0 saturated heterocycles. The van der Waals surface area contributed by atoms with Crippen LogP contribution in [0.25, 0.3) is 10.2 Å². The van der Waals surface area contributed by atoms with Gasteiger partial charge in [0, 0.05) is 22.9 Å². The summed E-state index contributed by atoms with van der Waals surface area (Å²) in [6, 6.07) is 2.99. The molecular formula is C10H10N2O2S2. The van der Waals surface area contributed by atoms with Crippen LogP contribution in [0.2, 0.25) is 0 Å². The maximum absolute atomic E-state index is 10.7. The van der Waals surface area contributed by atoms with Crippen molar-refractivity contribution < 1.29 is 4.92 Å². The molecular weight excluding hydrogens is 244 g/mol. The van der Waals surface area contributed by atoms with E-state index >= 15 is 0 Å². The van der Waals surface area contributed by atoms with Crippen molar-refractivity contribution in [2.75, 3.05) is 0 Å². The molecule has 6 heteroatoms. The van der Waals surface area contributed by atoms with Crippen LogP contribution >= 0.6 is 24.0 Å². The number of thiazole rings is 1. The summed E-state index contributed by atoms with van der Waals surface area (Å²) >= 11 is 5.72. The molecule has 0 fully saturated rings. The average molecular weight is 254 g/mol. The Morgan fingerprint density at radius 3 is 2.75 bits per heavy atom. The average Bonchev–Trinajstić information content (AvgIpc) is 2.61. The molecule has 0 aliphatic heterocycles. The van der Waals surface area contributed by atoms with Crippen LogP contribution in [-0.4, -0.2) is 9.91 Å². The molecule has 0 unspecified atom stereocenters. The van der Waals surface area contributed by atoms with E-state index in [9.17, 15) is 10.1 Å². The van der Waals surface area contributed by atoms with Crippen molar-refractivity contribution in [1.29, 1.82) is 0 Å². The second-order valence-electron chi connectivity index (χ2n) is 3.78. The Balaban J connectivity index is 2.68. The molecule has 0 aliphatic carbocycles. The summed E-state index contributed by atoms with van der Waals surface area (Å²) in [5, 5.41) is 11.7.